The van der Waals surface area contributed by atoms with Gasteiger partial charge in [0.15, 0.2) is 11.6 Å². The van der Waals surface area contributed by atoms with Crippen LogP contribution in [0.3, 0.4) is 0 Å². The molecule has 4 nitrogen and oxygen atoms in total. The van der Waals surface area contributed by atoms with Crippen molar-refractivity contribution in [1.29, 1.82) is 0 Å². The van der Waals surface area contributed by atoms with Gasteiger partial charge in [0.1, 0.15) is 0 Å². The van der Waals surface area contributed by atoms with Crippen molar-refractivity contribution < 1.29 is 18.3 Å². The van der Waals surface area contributed by atoms with E-state index in [9.17, 15) is 13.6 Å². The number of nitrogens with zero attached hydrogens (tertiary/aromatic N) is 1. The lowest BCUT2D eigenvalue weighted by Gasteiger charge is -2.27. The van der Waals surface area contributed by atoms with Gasteiger partial charge in [-0.05, 0) is 24.6 Å². The van der Waals surface area contributed by atoms with Gasteiger partial charge in [-0.2, -0.15) is 0 Å². The minimum absolute atomic E-state index is 0.0454. The van der Waals surface area contributed by atoms with Crippen molar-refractivity contribution in [1.82, 2.24) is 10.2 Å². The summed E-state index contributed by atoms with van der Waals surface area (Å²) in [6.45, 7) is 4.71. The third kappa shape index (κ3) is 4.47. The smallest absolute Gasteiger partial charge is 0.225 e. The number of rotatable bonds is 5. The Morgan fingerprint density at radius 1 is 1.43 bits per heavy atom. The van der Waals surface area contributed by atoms with Crippen LogP contribution in [0.15, 0.2) is 18.2 Å². The number of carbonyl (C=O) groups excluding carboxylic acids is 1. The quantitative estimate of drug-likeness (QED) is 0.899. The molecule has 0 aliphatic carbocycles. The van der Waals surface area contributed by atoms with Gasteiger partial charge in [-0.25, -0.2) is 8.78 Å². The van der Waals surface area contributed by atoms with E-state index in [4.69, 9.17) is 4.74 Å². The second-order valence-electron chi connectivity index (χ2n) is 5.06. The second kappa shape index (κ2) is 7.47. The van der Waals surface area contributed by atoms with Crippen LogP contribution < -0.4 is 5.32 Å². The summed E-state index contributed by atoms with van der Waals surface area (Å²) in [7, 11) is 0. The van der Waals surface area contributed by atoms with Gasteiger partial charge in [-0.3, -0.25) is 4.79 Å². The Balaban J connectivity index is 1.94. The highest BCUT2D eigenvalue weighted by atomic mass is 19.2. The number of morpholine rings is 1. The Kier molecular flexibility index (Phi) is 5.64. The molecule has 1 amide bonds. The highest BCUT2D eigenvalue weighted by Crippen LogP contribution is 2.13. The van der Waals surface area contributed by atoms with Crippen molar-refractivity contribution in [3.05, 3.63) is 35.4 Å². The van der Waals surface area contributed by atoms with Crippen LogP contribution in [0.2, 0.25) is 0 Å². The van der Waals surface area contributed by atoms with Gasteiger partial charge in [0.2, 0.25) is 5.91 Å². The predicted octanol–water partition coefficient (Wildman–Crippen LogP) is 1.69. The van der Waals surface area contributed by atoms with Gasteiger partial charge < -0.3 is 15.0 Å². The van der Waals surface area contributed by atoms with Crippen molar-refractivity contribution in [3.63, 3.8) is 0 Å². The first-order valence-electron chi connectivity index (χ1n) is 7.14. The number of halogens is 2. The standard InChI is InChI=1S/C15H20F2N2O2/c1-2-19(10-11-3-4-13(16)14(17)7-11)15(20)8-12-9-18-5-6-21-12/h3-4,7,12,18H,2,5-6,8-10H2,1H3. The second-order valence-corrected chi connectivity index (χ2v) is 5.06. The average Bonchev–Trinajstić information content (AvgIpc) is 2.49. The molecule has 1 aliphatic rings. The molecule has 1 aromatic carbocycles. The molecule has 0 bridgehead atoms. The normalized spacial score (nSPS) is 18.5. The Labute approximate surface area is 123 Å². The van der Waals surface area contributed by atoms with Crippen molar-refractivity contribution in [2.75, 3.05) is 26.2 Å². The number of carbonyl (C=O) groups is 1. The van der Waals surface area contributed by atoms with Crippen LogP contribution in [0.5, 0.6) is 0 Å². The SMILES string of the molecule is CCN(Cc1ccc(F)c(F)c1)C(=O)CC1CNCCO1. The van der Waals surface area contributed by atoms with Crippen LogP contribution in [-0.2, 0) is 16.1 Å². The maximum atomic E-state index is 13.2. The molecule has 1 heterocycles. The first-order valence-corrected chi connectivity index (χ1v) is 7.14. The fraction of sp³-hybridized carbons (Fsp3) is 0.533. The van der Waals surface area contributed by atoms with Crippen LogP contribution in [-0.4, -0.2) is 43.2 Å². The lowest BCUT2D eigenvalue weighted by atomic mass is 10.1. The number of hydrogen-bond donors (Lipinski definition) is 1. The summed E-state index contributed by atoms with van der Waals surface area (Å²) in [5.41, 5.74) is 0.576. The summed E-state index contributed by atoms with van der Waals surface area (Å²) >= 11 is 0. The zero-order valence-corrected chi connectivity index (χ0v) is 12.1. The average molecular weight is 298 g/mol. The number of hydrogen-bond acceptors (Lipinski definition) is 3. The van der Waals surface area contributed by atoms with Gasteiger partial charge in [-0.1, -0.05) is 6.07 Å². The number of benzene rings is 1. The molecule has 1 N–H and O–H groups in total. The van der Waals surface area contributed by atoms with Gasteiger partial charge in [0.05, 0.1) is 19.1 Å². The van der Waals surface area contributed by atoms with Crippen molar-refractivity contribution >= 4 is 5.91 Å². The number of amides is 1. The van der Waals surface area contributed by atoms with E-state index in [1.807, 2.05) is 6.92 Å². The minimum Gasteiger partial charge on any atom is -0.375 e. The first-order chi connectivity index (χ1) is 10.1. The van der Waals surface area contributed by atoms with Gasteiger partial charge in [0.25, 0.3) is 0 Å². The van der Waals surface area contributed by atoms with Gasteiger partial charge in [-0.15, -0.1) is 0 Å². The van der Waals surface area contributed by atoms with E-state index in [1.165, 1.54) is 6.07 Å². The maximum absolute atomic E-state index is 13.2. The Morgan fingerprint density at radius 3 is 2.86 bits per heavy atom. The fourth-order valence-corrected chi connectivity index (χ4v) is 2.31. The lowest BCUT2D eigenvalue weighted by molar-refractivity contribution is -0.135. The van der Waals surface area contributed by atoms with Crippen LogP contribution in [0, 0.1) is 11.6 Å². The summed E-state index contributed by atoms with van der Waals surface area (Å²) in [4.78, 5) is 13.9. The Hall–Kier alpha value is -1.53. The molecule has 0 saturated carbocycles. The summed E-state index contributed by atoms with van der Waals surface area (Å²) in [5.74, 6) is -1.82. The van der Waals surface area contributed by atoms with E-state index in [0.29, 0.717) is 31.7 Å². The topological polar surface area (TPSA) is 41.6 Å². The van der Waals surface area contributed by atoms with E-state index >= 15 is 0 Å². The van der Waals surface area contributed by atoms with Crippen LogP contribution in [0.25, 0.3) is 0 Å². The Morgan fingerprint density at radius 2 is 2.24 bits per heavy atom. The molecule has 1 fully saturated rings. The molecular weight excluding hydrogens is 278 g/mol. The zero-order valence-electron chi connectivity index (χ0n) is 12.1. The highest BCUT2D eigenvalue weighted by Gasteiger charge is 2.21. The van der Waals surface area contributed by atoms with Crippen molar-refractivity contribution in [2.45, 2.75) is 26.0 Å². The molecule has 1 aliphatic heterocycles. The predicted molar refractivity (Wildman–Crippen MR) is 74.7 cm³/mol. The number of ether oxygens (including phenoxy) is 1. The molecule has 116 valence electrons. The van der Waals surface area contributed by atoms with Crippen LogP contribution in [0.1, 0.15) is 18.9 Å². The highest BCUT2D eigenvalue weighted by molar-refractivity contribution is 5.76. The Bertz CT molecular complexity index is 491. The number of nitrogens with one attached hydrogen (secondary N) is 1. The molecule has 1 aromatic rings. The molecule has 1 saturated heterocycles. The third-order valence-corrected chi connectivity index (χ3v) is 3.50. The summed E-state index contributed by atoms with van der Waals surface area (Å²) < 4.78 is 31.6. The minimum atomic E-state index is -0.893. The van der Waals surface area contributed by atoms with Gasteiger partial charge >= 0.3 is 0 Å². The summed E-state index contributed by atoms with van der Waals surface area (Å²) in [6.07, 6.45) is 0.176. The molecular formula is C15H20F2N2O2. The summed E-state index contributed by atoms with van der Waals surface area (Å²) in [6, 6.07) is 3.70. The monoisotopic (exact) mass is 298 g/mol. The largest absolute Gasteiger partial charge is 0.375 e. The molecule has 0 aromatic heterocycles. The molecule has 6 heteroatoms. The van der Waals surface area contributed by atoms with Crippen LogP contribution >= 0.6 is 0 Å². The van der Waals surface area contributed by atoms with Crippen molar-refractivity contribution in [2.24, 2.45) is 0 Å². The fourth-order valence-electron chi connectivity index (χ4n) is 2.31. The molecule has 21 heavy (non-hydrogen) atoms. The zero-order chi connectivity index (χ0) is 15.2. The molecule has 1 unspecified atom stereocenters. The van der Waals surface area contributed by atoms with Crippen molar-refractivity contribution in [3.8, 4) is 0 Å². The van der Waals surface area contributed by atoms with E-state index in [-0.39, 0.29) is 18.6 Å². The van der Waals surface area contributed by atoms with E-state index in [2.05, 4.69) is 5.32 Å². The molecule has 2 rings (SSSR count). The lowest BCUT2D eigenvalue weighted by Crippen LogP contribution is -2.42. The first kappa shape index (κ1) is 15.9. The van der Waals surface area contributed by atoms with E-state index in [1.54, 1.807) is 4.90 Å². The molecule has 0 radical (unpaired) electrons. The summed E-state index contributed by atoms with van der Waals surface area (Å²) in [5, 5.41) is 3.17. The van der Waals surface area contributed by atoms with E-state index < -0.39 is 11.6 Å². The van der Waals surface area contributed by atoms with E-state index in [0.717, 1.165) is 18.7 Å². The van der Waals surface area contributed by atoms with Gasteiger partial charge in [0, 0.05) is 26.2 Å². The van der Waals surface area contributed by atoms with Crippen LogP contribution in [0.4, 0.5) is 8.78 Å². The third-order valence-electron chi connectivity index (χ3n) is 3.50. The molecule has 1 atom stereocenters. The molecule has 0 spiro atoms. The maximum Gasteiger partial charge on any atom is 0.225 e.